The van der Waals surface area contributed by atoms with Gasteiger partial charge in [-0.2, -0.15) is 0 Å². The summed E-state index contributed by atoms with van der Waals surface area (Å²) in [4.78, 5) is 22.3. The molecule has 7 nitrogen and oxygen atoms in total. The van der Waals surface area contributed by atoms with E-state index in [0.29, 0.717) is 22.7 Å². The number of nitrogens with zero attached hydrogens (tertiary/aromatic N) is 1. The normalized spacial score (nSPS) is 9.91. The molecule has 0 aliphatic carbocycles. The largest absolute Gasteiger partial charge is 0.497 e. The summed E-state index contributed by atoms with van der Waals surface area (Å²) in [6.45, 7) is 0. The number of hydrogen-bond donors (Lipinski definition) is 1. The lowest BCUT2D eigenvalue weighted by atomic mass is 10.1. The van der Waals surface area contributed by atoms with E-state index in [4.69, 9.17) is 9.47 Å². The molecule has 0 radical (unpaired) electrons. The molecule has 0 aliphatic rings. The molecule has 0 bridgehead atoms. The van der Waals surface area contributed by atoms with Crippen molar-refractivity contribution in [1.82, 2.24) is 0 Å². The highest BCUT2D eigenvalue weighted by atomic mass is 16.6. The number of nitro benzene ring substituents is 1. The number of hydrogen-bond acceptors (Lipinski definition) is 5. The van der Waals surface area contributed by atoms with E-state index in [-0.39, 0.29) is 11.6 Å². The topological polar surface area (TPSA) is 90.7 Å². The van der Waals surface area contributed by atoms with Crippen LogP contribution in [0.2, 0.25) is 0 Å². The van der Waals surface area contributed by atoms with Gasteiger partial charge < -0.3 is 14.8 Å². The van der Waals surface area contributed by atoms with Crippen LogP contribution < -0.4 is 14.8 Å². The first kappa shape index (κ1) is 15.3. The minimum Gasteiger partial charge on any atom is -0.497 e. The van der Waals surface area contributed by atoms with Crippen LogP contribution in [-0.4, -0.2) is 25.1 Å². The van der Waals surface area contributed by atoms with E-state index in [1.165, 1.54) is 38.5 Å². The number of amides is 1. The number of nitrogens with one attached hydrogen (secondary N) is 1. The molecule has 22 heavy (non-hydrogen) atoms. The molecule has 0 fully saturated rings. The lowest BCUT2D eigenvalue weighted by Crippen LogP contribution is -2.12. The highest BCUT2D eigenvalue weighted by Gasteiger charge is 2.11. The van der Waals surface area contributed by atoms with E-state index in [9.17, 15) is 14.9 Å². The molecule has 0 unspecified atom stereocenters. The first-order valence-corrected chi connectivity index (χ1v) is 6.32. The molecule has 2 aromatic carbocycles. The summed E-state index contributed by atoms with van der Waals surface area (Å²) in [5.41, 5.74) is 0.771. The number of anilines is 1. The second-order valence-electron chi connectivity index (χ2n) is 4.36. The third-order valence-electron chi connectivity index (χ3n) is 2.95. The van der Waals surface area contributed by atoms with Crippen molar-refractivity contribution < 1.29 is 19.2 Å². The molecule has 1 amide bonds. The average molecular weight is 302 g/mol. The quantitative estimate of drug-likeness (QED) is 0.677. The molecule has 1 N–H and O–H groups in total. The molecule has 0 aliphatic heterocycles. The fourth-order valence-electron chi connectivity index (χ4n) is 1.81. The van der Waals surface area contributed by atoms with Crippen LogP contribution in [-0.2, 0) is 0 Å². The summed E-state index contributed by atoms with van der Waals surface area (Å²) >= 11 is 0. The number of benzene rings is 2. The number of nitro groups is 1. The summed E-state index contributed by atoms with van der Waals surface area (Å²) < 4.78 is 10.2. The van der Waals surface area contributed by atoms with E-state index in [1.807, 2.05) is 0 Å². The Morgan fingerprint density at radius 1 is 1.05 bits per heavy atom. The maximum absolute atomic E-state index is 12.2. The number of rotatable bonds is 5. The molecule has 7 heteroatoms. The maximum atomic E-state index is 12.2. The van der Waals surface area contributed by atoms with Crippen molar-refractivity contribution in [1.29, 1.82) is 0 Å². The van der Waals surface area contributed by atoms with Gasteiger partial charge in [-0.1, -0.05) is 0 Å². The third-order valence-corrected chi connectivity index (χ3v) is 2.95. The van der Waals surface area contributed by atoms with Gasteiger partial charge in [0, 0.05) is 29.4 Å². The minimum absolute atomic E-state index is 0.0407. The van der Waals surface area contributed by atoms with Crippen molar-refractivity contribution in [3.8, 4) is 11.5 Å². The molecule has 0 heterocycles. The van der Waals surface area contributed by atoms with Crippen LogP contribution >= 0.6 is 0 Å². The first-order valence-electron chi connectivity index (χ1n) is 6.32. The first-order chi connectivity index (χ1) is 10.5. The van der Waals surface area contributed by atoms with Crippen LogP contribution in [0.3, 0.4) is 0 Å². The number of carbonyl (C=O) groups excluding carboxylic acids is 1. The summed E-state index contributed by atoms with van der Waals surface area (Å²) in [5, 5.41) is 13.2. The molecule has 2 aromatic rings. The Morgan fingerprint density at radius 3 is 2.05 bits per heavy atom. The fraction of sp³-hybridized carbons (Fsp3) is 0.133. The van der Waals surface area contributed by atoms with Gasteiger partial charge in [-0.15, -0.1) is 0 Å². The zero-order valence-corrected chi connectivity index (χ0v) is 12.0. The summed E-state index contributed by atoms with van der Waals surface area (Å²) in [6, 6.07) is 10.4. The molecule has 0 saturated carbocycles. The highest BCUT2D eigenvalue weighted by molar-refractivity contribution is 6.04. The average Bonchev–Trinajstić information content (AvgIpc) is 2.54. The van der Waals surface area contributed by atoms with Gasteiger partial charge in [0.25, 0.3) is 11.6 Å². The fourth-order valence-corrected chi connectivity index (χ4v) is 1.81. The van der Waals surface area contributed by atoms with Crippen LogP contribution in [0.5, 0.6) is 11.5 Å². The summed E-state index contributed by atoms with van der Waals surface area (Å²) in [7, 11) is 2.99. The lowest BCUT2D eigenvalue weighted by Gasteiger charge is -2.09. The van der Waals surface area contributed by atoms with Gasteiger partial charge in [-0.25, -0.2) is 0 Å². The molecular formula is C15H14N2O5. The zero-order chi connectivity index (χ0) is 16.1. The molecule has 114 valence electrons. The van der Waals surface area contributed by atoms with E-state index in [0.717, 1.165) is 0 Å². The molecule has 0 atom stereocenters. The van der Waals surface area contributed by atoms with Crippen molar-refractivity contribution in [2.45, 2.75) is 0 Å². The Balaban J connectivity index is 2.19. The van der Waals surface area contributed by atoms with Crippen LogP contribution in [0.1, 0.15) is 10.4 Å². The van der Waals surface area contributed by atoms with E-state index in [1.54, 1.807) is 18.2 Å². The number of carbonyl (C=O) groups is 1. The number of methoxy groups -OCH3 is 2. The van der Waals surface area contributed by atoms with Crippen molar-refractivity contribution in [2.75, 3.05) is 19.5 Å². The van der Waals surface area contributed by atoms with Crippen molar-refractivity contribution in [3.63, 3.8) is 0 Å². The second kappa shape index (κ2) is 6.57. The Morgan fingerprint density at radius 2 is 1.59 bits per heavy atom. The molecule has 2 rings (SSSR count). The van der Waals surface area contributed by atoms with Crippen LogP contribution in [0.15, 0.2) is 42.5 Å². The molecule has 0 saturated heterocycles. The Labute approximate surface area is 126 Å². The van der Waals surface area contributed by atoms with E-state index >= 15 is 0 Å². The van der Waals surface area contributed by atoms with Gasteiger partial charge in [0.15, 0.2) is 0 Å². The Bertz CT molecular complexity index is 675. The SMILES string of the molecule is COc1cc(OC)cc(C(=O)Nc2ccc([N+](=O)[O-])cc2)c1. The van der Waals surface area contributed by atoms with Crippen LogP contribution in [0.25, 0.3) is 0 Å². The van der Waals surface area contributed by atoms with Crippen LogP contribution in [0, 0.1) is 10.1 Å². The minimum atomic E-state index is -0.501. The van der Waals surface area contributed by atoms with E-state index < -0.39 is 4.92 Å². The zero-order valence-electron chi connectivity index (χ0n) is 12.0. The van der Waals surface area contributed by atoms with Crippen LogP contribution in [0.4, 0.5) is 11.4 Å². The Kier molecular flexibility index (Phi) is 4.57. The summed E-state index contributed by atoms with van der Waals surface area (Å²) in [6.07, 6.45) is 0. The third kappa shape index (κ3) is 3.51. The highest BCUT2D eigenvalue weighted by Crippen LogP contribution is 2.23. The van der Waals surface area contributed by atoms with Crippen molar-refractivity contribution >= 4 is 17.3 Å². The Hall–Kier alpha value is -3.09. The number of non-ortho nitro benzene ring substituents is 1. The van der Waals surface area contributed by atoms with Gasteiger partial charge in [-0.05, 0) is 24.3 Å². The number of ether oxygens (including phenoxy) is 2. The van der Waals surface area contributed by atoms with Crippen molar-refractivity contribution in [2.24, 2.45) is 0 Å². The predicted octanol–water partition coefficient (Wildman–Crippen LogP) is 2.86. The van der Waals surface area contributed by atoms with Gasteiger partial charge in [0.05, 0.1) is 19.1 Å². The standard InChI is InChI=1S/C15H14N2O5/c1-21-13-7-10(8-14(9-13)22-2)15(18)16-11-3-5-12(6-4-11)17(19)20/h3-9H,1-2H3,(H,16,18). The van der Waals surface area contributed by atoms with Gasteiger partial charge in [0.2, 0.25) is 0 Å². The lowest BCUT2D eigenvalue weighted by molar-refractivity contribution is -0.384. The summed E-state index contributed by atoms with van der Waals surface area (Å²) in [5.74, 6) is 0.618. The van der Waals surface area contributed by atoms with Crippen molar-refractivity contribution in [3.05, 3.63) is 58.1 Å². The van der Waals surface area contributed by atoms with Gasteiger partial charge in [-0.3, -0.25) is 14.9 Å². The molecule has 0 aromatic heterocycles. The predicted molar refractivity (Wildman–Crippen MR) is 80.6 cm³/mol. The maximum Gasteiger partial charge on any atom is 0.269 e. The molecule has 0 spiro atoms. The molecular weight excluding hydrogens is 288 g/mol. The monoisotopic (exact) mass is 302 g/mol. The smallest absolute Gasteiger partial charge is 0.269 e. The van der Waals surface area contributed by atoms with E-state index in [2.05, 4.69) is 5.32 Å². The van der Waals surface area contributed by atoms with Gasteiger partial charge in [0.1, 0.15) is 11.5 Å². The van der Waals surface area contributed by atoms with Gasteiger partial charge >= 0.3 is 0 Å². The second-order valence-corrected chi connectivity index (χ2v) is 4.36.